The van der Waals surface area contributed by atoms with Gasteiger partial charge in [0.05, 0.1) is 18.9 Å². The molecule has 3 heterocycles. The maximum atomic E-state index is 12.9. The predicted octanol–water partition coefficient (Wildman–Crippen LogP) is 7.57. The van der Waals surface area contributed by atoms with Crippen molar-refractivity contribution in [3.8, 4) is 22.6 Å². The topological polar surface area (TPSA) is 87.0 Å². The van der Waals surface area contributed by atoms with Crippen LogP contribution in [0.4, 0.5) is 5.69 Å². The minimum atomic E-state index is -0.600. The number of anilines is 1. The Morgan fingerprint density at radius 1 is 1.18 bits per heavy atom. The van der Waals surface area contributed by atoms with Crippen LogP contribution in [0.5, 0.6) is 11.5 Å². The Kier molecular flexibility index (Phi) is 7.64. The molecule has 7 nitrogen and oxygen atoms in total. The second-order valence-electron chi connectivity index (χ2n) is 9.88. The third kappa shape index (κ3) is 5.79. The molecule has 0 spiro atoms. The number of benzene rings is 2. The summed E-state index contributed by atoms with van der Waals surface area (Å²) in [5.74, 6) is 0.0807. The van der Waals surface area contributed by atoms with E-state index in [2.05, 4.69) is 48.1 Å². The van der Waals surface area contributed by atoms with Gasteiger partial charge in [-0.2, -0.15) is 0 Å². The van der Waals surface area contributed by atoms with Gasteiger partial charge in [0.2, 0.25) is 5.76 Å². The van der Waals surface area contributed by atoms with E-state index in [-0.39, 0.29) is 29.1 Å². The maximum Gasteiger partial charge on any atom is 0.379 e. The first kappa shape index (κ1) is 27.1. The molecule has 2 aromatic carbocycles. The molecule has 9 heteroatoms. The Balaban J connectivity index is 1.51. The number of methoxy groups -OCH3 is 1. The van der Waals surface area contributed by atoms with Gasteiger partial charge < -0.3 is 23.9 Å². The molecule has 2 aliphatic rings. The van der Waals surface area contributed by atoms with Crippen LogP contribution in [0.3, 0.4) is 0 Å². The summed E-state index contributed by atoms with van der Waals surface area (Å²) >= 11 is 4.91. The molecule has 0 saturated carbocycles. The molecule has 2 aliphatic heterocycles. The number of esters is 2. The van der Waals surface area contributed by atoms with Crippen LogP contribution in [0.15, 0.2) is 69.1 Å². The second-order valence-corrected chi connectivity index (χ2v) is 12.5. The van der Waals surface area contributed by atoms with Crippen molar-refractivity contribution in [2.45, 2.75) is 44.6 Å². The van der Waals surface area contributed by atoms with Crippen LogP contribution in [0, 0.1) is 0 Å². The zero-order valence-electron chi connectivity index (χ0n) is 22.0. The fourth-order valence-corrected chi connectivity index (χ4v) is 6.61. The highest BCUT2D eigenvalue weighted by atomic mass is 79.9. The number of ether oxygens (including phenoxy) is 3. The highest BCUT2D eigenvalue weighted by Crippen LogP contribution is 2.44. The lowest BCUT2D eigenvalue weighted by atomic mass is 9.85. The van der Waals surface area contributed by atoms with E-state index in [9.17, 15) is 9.59 Å². The average Bonchev–Trinajstić information content (AvgIpc) is 3.58. The van der Waals surface area contributed by atoms with Gasteiger partial charge in [0.15, 0.2) is 0 Å². The molecule has 0 bridgehead atoms. The molecule has 0 radical (unpaired) electrons. The van der Waals surface area contributed by atoms with Crippen molar-refractivity contribution < 1.29 is 28.2 Å². The highest BCUT2D eigenvalue weighted by molar-refractivity contribution is 9.14. The number of nitrogens with one attached hydrogen (secondary N) is 1. The first-order valence-corrected chi connectivity index (χ1v) is 14.1. The number of rotatable bonds is 7. The summed E-state index contributed by atoms with van der Waals surface area (Å²) < 4.78 is 23.2. The summed E-state index contributed by atoms with van der Waals surface area (Å²) in [7, 11) is 1.56. The molecule has 1 unspecified atom stereocenters. The van der Waals surface area contributed by atoms with Crippen LogP contribution in [0.1, 0.15) is 48.9 Å². The van der Waals surface area contributed by atoms with E-state index in [1.165, 1.54) is 18.0 Å². The van der Waals surface area contributed by atoms with Gasteiger partial charge in [-0.05, 0) is 84.6 Å². The van der Waals surface area contributed by atoms with Crippen LogP contribution in [-0.4, -0.2) is 29.8 Å². The van der Waals surface area contributed by atoms with E-state index in [0.29, 0.717) is 17.9 Å². The average molecular weight is 611 g/mol. The normalized spacial score (nSPS) is 17.4. The Hall–Kier alpha value is -3.43. The van der Waals surface area contributed by atoms with Gasteiger partial charge in [0.25, 0.3) is 0 Å². The number of furan rings is 1. The summed E-state index contributed by atoms with van der Waals surface area (Å²) in [5.41, 5.74) is 5.33. The second kappa shape index (κ2) is 11.0. The summed E-state index contributed by atoms with van der Waals surface area (Å²) in [5, 5.41) is 3.30. The minimum absolute atomic E-state index is 0.0949. The van der Waals surface area contributed by atoms with Crippen molar-refractivity contribution in [3.05, 3.63) is 81.6 Å². The maximum absolute atomic E-state index is 12.9. The van der Waals surface area contributed by atoms with E-state index in [1.807, 2.05) is 24.3 Å². The van der Waals surface area contributed by atoms with Crippen molar-refractivity contribution in [2.24, 2.45) is 0 Å². The molecule has 0 saturated heterocycles. The quantitative estimate of drug-likeness (QED) is 0.217. The number of halogens is 1. The number of carbonyl (C=O) groups is 2. The Morgan fingerprint density at radius 3 is 2.67 bits per heavy atom. The standard InChI is InChI=1S/C30H28BrNO6S/c1-17-15-30(2,3)32-22-10-9-19(21(27(17)22)16-37-29(34)25-11-12-26(31)39-25)20-8-7-18(14-24(20)35-4)38-28(33)23-6-5-13-36-23/h5-10,12-15,25,32H,11,16H2,1-4H3. The molecule has 1 atom stereocenters. The van der Waals surface area contributed by atoms with E-state index in [4.69, 9.17) is 18.6 Å². The number of allylic oxidation sites excluding steroid dienone is 2. The molecule has 202 valence electrons. The van der Waals surface area contributed by atoms with Gasteiger partial charge >= 0.3 is 11.9 Å². The van der Waals surface area contributed by atoms with Crippen LogP contribution in [0.2, 0.25) is 0 Å². The third-order valence-corrected chi connectivity index (χ3v) is 8.45. The molecular weight excluding hydrogens is 582 g/mol. The smallest absolute Gasteiger partial charge is 0.379 e. The van der Waals surface area contributed by atoms with Gasteiger partial charge in [-0.1, -0.05) is 18.2 Å². The highest BCUT2D eigenvalue weighted by Gasteiger charge is 2.29. The van der Waals surface area contributed by atoms with Gasteiger partial charge in [-0.15, -0.1) is 11.8 Å². The summed E-state index contributed by atoms with van der Waals surface area (Å²) in [6.45, 7) is 6.39. The number of carbonyl (C=O) groups excluding carboxylic acids is 2. The van der Waals surface area contributed by atoms with Crippen molar-refractivity contribution in [3.63, 3.8) is 0 Å². The van der Waals surface area contributed by atoms with Gasteiger partial charge in [0.1, 0.15) is 23.4 Å². The molecule has 0 fully saturated rings. The molecule has 3 aromatic rings. The third-order valence-electron chi connectivity index (χ3n) is 6.51. The Morgan fingerprint density at radius 2 is 1.97 bits per heavy atom. The number of fused-ring (bicyclic) bond motifs is 1. The summed E-state index contributed by atoms with van der Waals surface area (Å²) in [4.78, 5) is 25.3. The zero-order chi connectivity index (χ0) is 27.7. The van der Waals surface area contributed by atoms with Gasteiger partial charge in [-0.3, -0.25) is 4.79 Å². The van der Waals surface area contributed by atoms with E-state index in [1.54, 1.807) is 31.4 Å². The van der Waals surface area contributed by atoms with Crippen molar-refractivity contribution >= 4 is 50.9 Å². The number of hydrogen-bond donors (Lipinski definition) is 1. The lowest BCUT2D eigenvalue weighted by Gasteiger charge is -2.33. The predicted molar refractivity (Wildman–Crippen MR) is 156 cm³/mol. The monoisotopic (exact) mass is 609 g/mol. The molecule has 1 N–H and O–H groups in total. The SMILES string of the molecule is COc1cc(OC(=O)c2ccco2)ccc1-c1ccc2c(c1COC(=O)C1CC=C(Br)S1)C(C)=CC(C)(C)N2. The largest absolute Gasteiger partial charge is 0.496 e. The fraction of sp³-hybridized carbons (Fsp3) is 0.267. The van der Waals surface area contributed by atoms with Crippen molar-refractivity contribution in [1.29, 1.82) is 0 Å². The molecule has 5 rings (SSSR count). The van der Waals surface area contributed by atoms with E-state index >= 15 is 0 Å². The number of hydrogen-bond acceptors (Lipinski definition) is 8. The summed E-state index contributed by atoms with van der Waals surface area (Å²) in [6.07, 6.45) is 6.20. The summed E-state index contributed by atoms with van der Waals surface area (Å²) in [6, 6.07) is 12.4. The van der Waals surface area contributed by atoms with Crippen LogP contribution in [0.25, 0.3) is 16.7 Å². The molecule has 0 amide bonds. The van der Waals surface area contributed by atoms with Crippen LogP contribution >= 0.6 is 27.7 Å². The van der Waals surface area contributed by atoms with E-state index < -0.39 is 5.97 Å². The first-order valence-electron chi connectivity index (χ1n) is 12.4. The van der Waals surface area contributed by atoms with Gasteiger partial charge in [0, 0.05) is 32.3 Å². The molecular formula is C30H28BrNO6S. The zero-order valence-corrected chi connectivity index (χ0v) is 24.4. The molecule has 1 aromatic heterocycles. The molecule has 39 heavy (non-hydrogen) atoms. The lowest BCUT2D eigenvalue weighted by Crippen LogP contribution is -2.32. The van der Waals surface area contributed by atoms with E-state index in [0.717, 1.165) is 37.3 Å². The van der Waals surface area contributed by atoms with Crippen molar-refractivity contribution in [1.82, 2.24) is 0 Å². The van der Waals surface area contributed by atoms with Crippen molar-refractivity contribution in [2.75, 3.05) is 12.4 Å². The first-order chi connectivity index (χ1) is 18.6. The minimum Gasteiger partial charge on any atom is -0.496 e. The molecule has 0 aliphatic carbocycles. The Labute approximate surface area is 239 Å². The number of thioether (sulfide) groups is 1. The van der Waals surface area contributed by atoms with Crippen LogP contribution < -0.4 is 14.8 Å². The van der Waals surface area contributed by atoms with Crippen LogP contribution in [-0.2, 0) is 16.1 Å². The Bertz CT molecular complexity index is 1490. The lowest BCUT2D eigenvalue weighted by molar-refractivity contribution is -0.144. The van der Waals surface area contributed by atoms with Gasteiger partial charge in [-0.25, -0.2) is 4.79 Å². The fourth-order valence-electron chi connectivity index (χ4n) is 4.92.